The first-order valence-electron chi connectivity index (χ1n) is 9.77. The van der Waals surface area contributed by atoms with E-state index in [0.717, 1.165) is 41.9 Å². The number of rotatable bonds is 5. The molecule has 1 unspecified atom stereocenters. The molecule has 4 nitrogen and oxygen atoms in total. The second kappa shape index (κ2) is 8.37. The first-order valence-corrected chi connectivity index (χ1v) is 10.6. The quantitative estimate of drug-likeness (QED) is 0.718. The first kappa shape index (κ1) is 19.0. The molecule has 28 heavy (non-hydrogen) atoms. The topological polar surface area (TPSA) is 37.6 Å². The number of benzene rings is 2. The Kier molecular flexibility index (Phi) is 5.69. The van der Waals surface area contributed by atoms with Gasteiger partial charge in [-0.05, 0) is 37.1 Å². The van der Waals surface area contributed by atoms with Crippen molar-refractivity contribution < 1.29 is 14.1 Å². The molecule has 6 heteroatoms. The molecule has 2 heterocycles. The summed E-state index contributed by atoms with van der Waals surface area (Å²) in [5.41, 5.74) is 2.12. The molecule has 1 aliphatic rings. The molecule has 1 atom stereocenters. The summed E-state index contributed by atoms with van der Waals surface area (Å²) in [5.74, 6) is 0.418. The van der Waals surface area contributed by atoms with Crippen LogP contribution in [-0.2, 0) is 11.3 Å². The number of hydrogen-bond acceptors (Lipinski definition) is 3. The number of quaternary nitrogens is 1. The van der Waals surface area contributed by atoms with Crippen LogP contribution in [0, 0.1) is 5.82 Å². The van der Waals surface area contributed by atoms with E-state index < -0.39 is 0 Å². The van der Waals surface area contributed by atoms with Gasteiger partial charge < -0.3 is 9.80 Å². The van der Waals surface area contributed by atoms with E-state index in [4.69, 9.17) is 4.98 Å². The van der Waals surface area contributed by atoms with Gasteiger partial charge in [-0.25, -0.2) is 9.37 Å². The number of halogens is 1. The van der Waals surface area contributed by atoms with E-state index in [1.165, 1.54) is 21.8 Å². The van der Waals surface area contributed by atoms with Gasteiger partial charge in [0.1, 0.15) is 12.4 Å². The highest BCUT2D eigenvalue weighted by molar-refractivity contribution is 7.18. The van der Waals surface area contributed by atoms with Gasteiger partial charge >= 0.3 is 0 Å². The summed E-state index contributed by atoms with van der Waals surface area (Å²) in [6, 6.07) is 14.8. The van der Waals surface area contributed by atoms with E-state index in [2.05, 4.69) is 18.2 Å². The molecule has 0 bridgehead atoms. The standard InChI is InChI=1S/C22H24FN3OS/c1-25(14-16-6-8-18(23)9-7-16)15-21(27)26-12-10-17(11-13-26)22-24-19-4-2-3-5-20(19)28-22/h2-9,17H,10-15H2,1H3/p+1. The van der Waals surface area contributed by atoms with E-state index in [1.807, 2.05) is 18.0 Å². The zero-order valence-electron chi connectivity index (χ0n) is 16.0. The van der Waals surface area contributed by atoms with Crippen LogP contribution >= 0.6 is 11.3 Å². The zero-order valence-corrected chi connectivity index (χ0v) is 16.8. The monoisotopic (exact) mass is 398 g/mol. The third kappa shape index (κ3) is 4.39. The lowest BCUT2D eigenvalue weighted by molar-refractivity contribution is -0.885. The number of thiazole rings is 1. The molecule has 3 aromatic rings. The van der Waals surface area contributed by atoms with Crippen LogP contribution in [0.25, 0.3) is 10.2 Å². The van der Waals surface area contributed by atoms with Crippen LogP contribution in [0.15, 0.2) is 48.5 Å². The Hall–Kier alpha value is -2.31. The number of hydrogen-bond donors (Lipinski definition) is 1. The summed E-state index contributed by atoms with van der Waals surface area (Å²) < 4.78 is 14.3. The molecular formula is C22H25FN3OS+. The Morgan fingerprint density at radius 1 is 1.18 bits per heavy atom. The van der Waals surface area contributed by atoms with Crippen molar-refractivity contribution >= 4 is 27.5 Å². The van der Waals surface area contributed by atoms with Crippen LogP contribution in [-0.4, -0.2) is 42.5 Å². The third-order valence-electron chi connectivity index (χ3n) is 5.38. The van der Waals surface area contributed by atoms with Gasteiger partial charge in [-0.1, -0.05) is 24.3 Å². The lowest BCUT2D eigenvalue weighted by Gasteiger charge is -2.31. The number of nitrogens with one attached hydrogen (secondary N) is 1. The molecular weight excluding hydrogens is 373 g/mol. The van der Waals surface area contributed by atoms with Crippen molar-refractivity contribution in [2.24, 2.45) is 0 Å². The van der Waals surface area contributed by atoms with Gasteiger partial charge in [0.2, 0.25) is 0 Å². The highest BCUT2D eigenvalue weighted by Gasteiger charge is 2.27. The highest BCUT2D eigenvalue weighted by atomic mass is 32.1. The van der Waals surface area contributed by atoms with Gasteiger partial charge in [0.15, 0.2) is 6.54 Å². The van der Waals surface area contributed by atoms with Crippen LogP contribution in [0.1, 0.15) is 29.3 Å². The molecule has 1 saturated heterocycles. The molecule has 1 fully saturated rings. The van der Waals surface area contributed by atoms with Crippen molar-refractivity contribution in [2.45, 2.75) is 25.3 Å². The molecule has 1 amide bonds. The van der Waals surface area contributed by atoms with Gasteiger partial charge in [-0.15, -0.1) is 11.3 Å². The van der Waals surface area contributed by atoms with E-state index in [0.29, 0.717) is 19.0 Å². The molecule has 0 radical (unpaired) electrons. The maximum Gasteiger partial charge on any atom is 0.277 e. The zero-order chi connectivity index (χ0) is 19.5. The summed E-state index contributed by atoms with van der Waals surface area (Å²) in [6.45, 7) is 2.77. The molecule has 0 spiro atoms. The minimum atomic E-state index is -0.228. The summed E-state index contributed by atoms with van der Waals surface area (Å²) in [7, 11) is 2.01. The molecule has 146 valence electrons. The maximum absolute atomic E-state index is 13.0. The van der Waals surface area contributed by atoms with Gasteiger partial charge in [0, 0.05) is 24.6 Å². The number of aromatic nitrogens is 1. The van der Waals surface area contributed by atoms with Crippen LogP contribution in [0.3, 0.4) is 0 Å². The average molecular weight is 399 g/mol. The van der Waals surface area contributed by atoms with Crippen molar-refractivity contribution in [1.82, 2.24) is 9.88 Å². The fourth-order valence-electron chi connectivity index (χ4n) is 3.82. The summed E-state index contributed by atoms with van der Waals surface area (Å²) in [6.07, 6.45) is 1.95. The number of piperidine rings is 1. The Morgan fingerprint density at radius 2 is 1.89 bits per heavy atom. The van der Waals surface area contributed by atoms with Crippen molar-refractivity contribution in [3.05, 3.63) is 64.9 Å². The van der Waals surface area contributed by atoms with Crippen LogP contribution in [0.2, 0.25) is 0 Å². The smallest absolute Gasteiger partial charge is 0.277 e. The Bertz CT molecular complexity index is 915. The molecule has 0 aliphatic carbocycles. The number of carbonyl (C=O) groups excluding carboxylic acids is 1. The third-order valence-corrected chi connectivity index (χ3v) is 6.58. The number of likely N-dealkylation sites (tertiary alicyclic amines) is 1. The van der Waals surface area contributed by atoms with Gasteiger partial charge in [0.05, 0.1) is 22.3 Å². The number of amides is 1. The minimum absolute atomic E-state index is 0.197. The number of carbonyl (C=O) groups is 1. The number of likely N-dealkylation sites (N-methyl/N-ethyl adjacent to an activating group) is 1. The number of fused-ring (bicyclic) bond motifs is 1. The Morgan fingerprint density at radius 3 is 2.61 bits per heavy atom. The Labute approximate surface area is 168 Å². The average Bonchev–Trinajstić information content (AvgIpc) is 3.14. The fourth-order valence-corrected chi connectivity index (χ4v) is 4.96. The first-order chi connectivity index (χ1) is 13.6. The number of nitrogens with zero attached hydrogens (tertiary/aromatic N) is 2. The maximum atomic E-state index is 13.0. The lowest BCUT2D eigenvalue weighted by atomic mass is 9.97. The fraction of sp³-hybridized carbons (Fsp3) is 0.364. The molecule has 1 N–H and O–H groups in total. The lowest BCUT2D eigenvalue weighted by Crippen LogP contribution is -3.08. The van der Waals surface area contributed by atoms with E-state index in [-0.39, 0.29) is 11.7 Å². The molecule has 1 aromatic heterocycles. The van der Waals surface area contributed by atoms with Crippen LogP contribution in [0.4, 0.5) is 4.39 Å². The summed E-state index contributed by atoms with van der Waals surface area (Å²) in [5, 5.41) is 1.20. The predicted octanol–water partition coefficient (Wildman–Crippen LogP) is 2.86. The summed E-state index contributed by atoms with van der Waals surface area (Å²) >= 11 is 1.78. The Balaban J connectivity index is 1.29. The highest BCUT2D eigenvalue weighted by Crippen LogP contribution is 2.33. The van der Waals surface area contributed by atoms with E-state index >= 15 is 0 Å². The number of para-hydroxylation sites is 1. The second-order valence-electron chi connectivity index (χ2n) is 7.61. The largest absolute Gasteiger partial charge is 0.338 e. The van der Waals surface area contributed by atoms with Gasteiger partial charge in [-0.3, -0.25) is 4.79 Å². The van der Waals surface area contributed by atoms with Crippen molar-refractivity contribution in [3.63, 3.8) is 0 Å². The predicted molar refractivity (Wildman–Crippen MR) is 110 cm³/mol. The second-order valence-corrected chi connectivity index (χ2v) is 8.67. The van der Waals surface area contributed by atoms with Crippen molar-refractivity contribution in [1.29, 1.82) is 0 Å². The van der Waals surface area contributed by atoms with E-state index in [1.54, 1.807) is 23.5 Å². The van der Waals surface area contributed by atoms with E-state index in [9.17, 15) is 9.18 Å². The SMILES string of the molecule is C[NH+](CC(=O)N1CCC(c2nc3ccccc3s2)CC1)Cc1ccc(F)cc1. The summed E-state index contributed by atoms with van der Waals surface area (Å²) in [4.78, 5) is 20.6. The van der Waals surface area contributed by atoms with Gasteiger partial charge in [-0.2, -0.15) is 0 Å². The van der Waals surface area contributed by atoms with Crippen molar-refractivity contribution in [3.8, 4) is 0 Å². The normalized spacial score (nSPS) is 16.4. The minimum Gasteiger partial charge on any atom is -0.338 e. The molecule has 0 saturated carbocycles. The molecule has 2 aromatic carbocycles. The van der Waals surface area contributed by atoms with Crippen LogP contribution in [0.5, 0.6) is 0 Å². The molecule has 1 aliphatic heterocycles. The molecule has 4 rings (SSSR count). The van der Waals surface area contributed by atoms with Crippen molar-refractivity contribution in [2.75, 3.05) is 26.7 Å². The van der Waals surface area contributed by atoms with Gasteiger partial charge in [0.25, 0.3) is 5.91 Å². The van der Waals surface area contributed by atoms with Crippen LogP contribution < -0.4 is 4.90 Å².